The normalized spacial score (nSPS) is 40.1. The monoisotopic (exact) mass is 144 g/mol. The standard InChI is InChI=1S/C7H12O3/c1-5-6(8)3-4-7(9-2)10-5/h3-8H,1-2H3/t5-,6-,7+/m0/s1. The molecule has 0 aromatic carbocycles. The topological polar surface area (TPSA) is 38.7 Å². The first-order valence-corrected chi connectivity index (χ1v) is 3.28. The van der Waals surface area contributed by atoms with Crippen LogP contribution < -0.4 is 0 Å². The first-order chi connectivity index (χ1) is 4.74. The molecule has 0 aromatic heterocycles. The average Bonchev–Trinajstić information content (AvgIpc) is 1.95. The Kier molecular flexibility index (Phi) is 2.43. The molecule has 0 radical (unpaired) electrons. The number of aliphatic hydroxyl groups is 1. The van der Waals surface area contributed by atoms with E-state index in [4.69, 9.17) is 14.6 Å². The Morgan fingerprint density at radius 2 is 2.20 bits per heavy atom. The SMILES string of the molecule is CO[C@H]1C=C[C@H](O)[C@H](C)O1. The van der Waals surface area contributed by atoms with E-state index >= 15 is 0 Å². The van der Waals surface area contributed by atoms with Crippen LogP contribution in [0.1, 0.15) is 6.92 Å². The summed E-state index contributed by atoms with van der Waals surface area (Å²) in [4.78, 5) is 0. The summed E-state index contributed by atoms with van der Waals surface area (Å²) in [6.07, 6.45) is 2.42. The molecule has 0 spiro atoms. The highest BCUT2D eigenvalue weighted by Gasteiger charge is 2.20. The van der Waals surface area contributed by atoms with E-state index in [0.717, 1.165) is 0 Å². The zero-order valence-electron chi connectivity index (χ0n) is 6.15. The van der Waals surface area contributed by atoms with Gasteiger partial charge >= 0.3 is 0 Å². The molecule has 0 bridgehead atoms. The molecule has 0 unspecified atom stereocenters. The summed E-state index contributed by atoms with van der Waals surface area (Å²) >= 11 is 0. The number of ether oxygens (including phenoxy) is 2. The molecule has 1 aliphatic rings. The number of methoxy groups -OCH3 is 1. The van der Waals surface area contributed by atoms with Crippen molar-refractivity contribution in [3.05, 3.63) is 12.2 Å². The summed E-state index contributed by atoms with van der Waals surface area (Å²) < 4.78 is 10.1. The Labute approximate surface area is 60.3 Å². The number of hydrogen-bond acceptors (Lipinski definition) is 3. The van der Waals surface area contributed by atoms with Crippen molar-refractivity contribution in [3.8, 4) is 0 Å². The van der Waals surface area contributed by atoms with Gasteiger partial charge in [0.05, 0.1) is 12.2 Å². The Hall–Kier alpha value is -0.380. The van der Waals surface area contributed by atoms with Gasteiger partial charge in [0, 0.05) is 7.11 Å². The van der Waals surface area contributed by atoms with E-state index in [9.17, 15) is 0 Å². The van der Waals surface area contributed by atoms with Crippen LogP contribution in [0.2, 0.25) is 0 Å². The second kappa shape index (κ2) is 3.14. The minimum Gasteiger partial charge on any atom is -0.386 e. The minimum atomic E-state index is -0.494. The first-order valence-electron chi connectivity index (χ1n) is 3.28. The molecule has 1 rings (SSSR count). The van der Waals surface area contributed by atoms with Crippen molar-refractivity contribution in [2.75, 3.05) is 7.11 Å². The number of rotatable bonds is 1. The second-order valence-corrected chi connectivity index (χ2v) is 2.32. The Morgan fingerprint density at radius 3 is 2.70 bits per heavy atom. The van der Waals surface area contributed by atoms with Crippen LogP contribution in [0.15, 0.2) is 12.2 Å². The van der Waals surface area contributed by atoms with Crippen LogP contribution in [0.3, 0.4) is 0 Å². The van der Waals surface area contributed by atoms with Gasteiger partial charge in [0.1, 0.15) is 0 Å². The predicted molar refractivity (Wildman–Crippen MR) is 36.5 cm³/mol. The van der Waals surface area contributed by atoms with E-state index < -0.39 is 6.10 Å². The molecular formula is C7H12O3. The summed E-state index contributed by atoms with van der Waals surface area (Å²) in [5.41, 5.74) is 0. The van der Waals surface area contributed by atoms with E-state index in [-0.39, 0.29) is 12.4 Å². The average molecular weight is 144 g/mol. The fourth-order valence-corrected chi connectivity index (χ4v) is 0.833. The summed E-state index contributed by atoms with van der Waals surface area (Å²) in [6.45, 7) is 1.81. The number of hydrogen-bond donors (Lipinski definition) is 1. The van der Waals surface area contributed by atoms with Crippen LogP contribution >= 0.6 is 0 Å². The highest BCUT2D eigenvalue weighted by atomic mass is 16.7. The molecule has 3 nitrogen and oxygen atoms in total. The summed E-state index contributed by atoms with van der Waals surface area (Å²) in [6, 6.07) is 0. The maximum absolute atomic E-state index is 9.12. The lowest BCUT2D eigenvalue weighted by molar-refractivity contribution is -0.151. The van der Waals surface area contributed by atoms with Crippen molar-refractivity contribution in [1.82, 2.24) is 0 Å². The van der Waals surface area contributed by atoms with Crippen LogP contribution in [0.4, 0.5) is 0 Å². The molecule has 58 valence electrons. The van der Waals surface area contributed by atoms with Crippen molar-refractivity contribution >= 4 is 0 Å². The molecule has 0 amide bonds. The van der Waals surface area contributed by atoms with Gasteiger partial charge in [-0.2, -0.15) is 0 Å². The van der Waals surface area contributed by atoms with Gasteiger partial charge in [0.2, 0.25) is 0 Å². The molecule has 10 heavy (non-hydrogen) atoms. The van der Waals surface area contributed by atoms with Crippen molar-refractivity contribution in [2.24, 2.45) is 0 Å². The largest absolute Gasteiger partial charge is 0.386 e. The molecule has 1 N–H and O–H groups in total. The van der Waals surface area contributed by atoms with E-state index in [2.05, 4.69) is 0 Å². The van der Waals surface area contributed by atoms with E-state index in [1.165, 1.54) is 0 Å². The third-order valence-electron chi connectivity index (χ3n) is 1.53. The van der Waals surface area contributed by atoms with Gasteiger partial charge in [0.25, 0.3) is 0 Å². The van der Waals surface area contributed by atoms with Crippen LogP contribution in [0.5, 0.6) is 0 Å². The molecule has 0 aliphatic carbocycles. The lowest BCUT2D eigenvalue weighted by atomic mass is 10.2. The zero-order chi connectivity index (χ0) is 7.56. The first kappa shape index (κ1) is 7.72. The molecule has 1 aliphatic heterocycles. The maximum Gasteiger partial charge on any atom is 0.177 e. The summed E-state index contributed by atoms with van der Waals surface area (Å²) in [5, 5.41) is 9.12. The van der Waals surface area contributed by atoms with Crippen LogP contribution in [0, 0.1) is 0 Å². The fourth-order valence-electron chi connectivity index (χ4n) is 0.833. The van der Waals surface area contributed by atoms with Crippen molar-refractivity contribution in [2.45, 2.75) is 25.4 Å². The van der Waals surface area contributed by atoms with Crippen LogP contribution in [-0.4, -0.2) is 30.7 Å². The van der Waals surface area contributed by atoms with Crippen LogP contribution in [-0.2, 0) is 9.47 Å². The molecule has 3 atom stereocenters. The Balaban J connectivity index is 2.51. The van der Waals surface area contributed by atoms with Gasteiger partial charge in [-0.1, -0.05) is 6.08 Å². The Bertz CT molecular complexity index is 133. The molecule has 3 heteroatoms. The van der Waals surface area contributed by atoms with Gasteiger partial charge in [-0.25, -0.2) is 0 Å². The third kappa shape index (κ3) is 1.56. The Morgan fingerprint density at radius 1 is 1.50 bits per heavy atom. The second-order valence-electron chi connectivity index (χ2n) is 2.32. The van der Waals surface area contributed by atoms with Gasteiger partial charge in [-0.05, 0) is 13.0 Å². The van der Waals surface area contributed by atoms with E-state index in [0.29, 0.717) is 0 Å². The zero-order valence-corrected chi connectivity index (χ0v) is 6.15. The summed E-state index contributed by atoms with van der Waals surface area (Å²) in [7, 11) is 1.57. The third-order valence-corrected chi connectivity index (χ3v) is 1.53. The van der Waals surface area contributed by atoms with Crippen molar-refractivity contribution in [1.29, 1.82) is 0 Å². The highest BCUT2D eigenvalue weighted by molar-refractivity contribution is 4.98. The fraction of sp³-hybridized carbons (Fsp3) is 0.714. The van der Waals surface area contributed by atoms with Gasteiger partial charge in [0.15, 0.2) is 6.29 Å². The van der Waals surface area contributed by atoms with Gasteiger partial charge in [-0.15, -0.1) is 0 Å². The highest BCUT2D eigenvalue weighted by Crippen LogP contribution is 2.12. The lowest BCUT2D eigenvalue weighted by Crippen LogP contribution is -2.33. The maximum atomic E-state index is 9.12. The molecule has 0 saturated carbocycles. The molecule has 0 saturated heterocycles. The van der Waals surface area contributed by atoms with Crippen molar-refractivity contribution in [3.63, 3.8) is 0 Å². The lowest BCUT2D eigenvalue weighted by Gasteiger charge is -2.25. The molecular weight excluding hydrogens is 132 g/mol. The molecule has 1 heterocycles. The quantitative estimate of drug-likeness (QED) is 0.538. The molecule has 0 aromatic rings. The summed E-state index contributed by atoms with van der Waals surface area (Å²) in [5.74, 6) is 0. The van der Waals surface area contributed by atoms with Gasteiger partial charge in [-0.3, -0.25) is 0 Å². The molecule has 0 fully saturated rings. The number of aliphatic hydroxyl groups excluding tert-OH is 1. The van der Waals surface area contributed by atoms with E-state index in [1.54, 1.807) is 26.2 Å². The minimum absolute atomic E-state index is 0.171. The van der Waals surface area contributed by atoms with E-state index in [1.807, 2.05) is 0 Å². The van der Waals surface area contributed by atoms with Crippen molar-refractivity contribution < 1.29 is 14.6 Å². The van der Waals surface area contributed by atoms with Crippen LogP contribution in [0.25, 0.3) is 0 Å². The van der Waals surface area contributed by atoms with Gasteiger partial charge < -0.3 is 14.6 Å². The smallest absolute Gasteiger partial charge is 0.177 e. The predicted octanol–water partition coefficient (Wildman–Crippen LogP) is 0.295.